The minimum absolute atomic E-state index is 0. The van der Waals surface area contributed by atoms with Crippen LogP contribution in [-0.4, -0.2) is 79.3 Å². The average molecular weight is 484 g/mol. The van der Waals surface area contributed by atoms with E-state index in [2.05, 4.69) is 0 Å². The SMILES string of the molecule is CC(=O)O.CC(=O)O.CC(=O)O.CC(=O)O.NCCN.O.O.O.O.[Cu].[H-].[H-].[Na+].[Na+]. The molecule has 27 heavy (non-hydrogen) atoms. The largest absolute Gasteiger partial charge is 1.00 e. The molecule has 14 nitrogen and oxygen atoms in total. The van der Waals surface area contributed by atoms with Gasteiger partial charge in [0.2, 0.25) is 0 Å². The zero-order valence-electron chi connectivity index (χ0n) is 18.3. The summed E-state index contributed by atoms with van der Waals surface area (Å²) >= 11 is 0. The molecule has 0 amide bonds. The van der Waals surface area contributed by atoms with Crippen LogP contribution in [0.15, 0.2) is 0 Å². The van der Waals surface area contributed by atoms with Crippen molar-refractivity contribution < 1.29 is 141 Å². The second-order valence-corrected chi connectivity index (χ2v) is 2.65. The molecule has 0 rings (SSSR count). The van der Waals surface area contributed by atoms with Gasteiger partial charge >= 0.3 is 59.1 Å². The van der Waals surface area contributed by atoms with Gasteiger partial charge in [-0.3, -0.25) is 19.2 Å². The van der Waals surface area contributed by atoms with Crippen LogP contribution >= 0.6 is 0 Å². The van der Waals surface area contributed by atoms with Gasteiger partial charge in [0, 0.05) is 57.9 Å². The zero-order valence-corrected chi connectivity index (χ0v) is 21.2. The fraction of sp³-hybridized carbons (Fsp3) is 0.600. The van der Waals surface area contributed by atoms with E-state index in [4.69, 9.17) is 51.1 Å². The van der Waals surface area contributed by atoms with Gasteiger partial charge in [-0.05, 0) is 0 Å². The Labute approximate surface area is 215 Å². The Morgan fingerprint density at radius 2 is 0.630 bits per heavy atom. The van der Waals surface area contributed by atoms with Crippen molar-refractivity contribution in [3.63, 3.8) is 0 Å². The topological polar surface area (TPSA) is 327 Å². The summed E-state index contributed by atoms with van der Waals surface area (Å²) < 4.78 is 0. The van der Waals surface area contributed by atoms with Crippen LogP contribution < -0.4 is 70.6 Å². The van der Waals surface area contributed by atoms with Crippen molar-refractivity contribution in [2.75, 3.05) is 13.1 Å². The maximum Gasteiger partial charge on any atom is 1.00 e. The van der Waals surface area contributed by atoms with Gasteiger partial charge in [0.05, 0.1) is 0 Å². The molecular weight excluding hydrogens is 450 g/mol. The molecule has 0 heterocycles. The molecule has 0 aromatic carbocycles. The molecule has 1 radical (unpaired) electrons. The maximum absolute atomic E-state index is 9.00. The van der Waals surface area contributed by atoms with Crippen molar-refractivity contribution in [2.45, 2.75) is 27.7 Å². The smallest absolute Gasteiger partial charge is 1.00 e. The predicted molar refractivity (Wildman–Crippen MR) is 88.0 cm³/mol. The summed E-state index contributed by atoms with van der Waals surface area (Å²) in [6.07, 6.45) is 0. The molecular formula is C10H34CuN2Na2O12. The van der Waals surface area contributed by atoms with Gasteiger partial charge in [-0.25, -0.2) is 0 Å². The van der Waals surface area contributed by atoms with Crippen molar-refractivity contribution in [3.05, 3.63) is 0 Å². The predicted octanol–water partition coefficient (Wildman–Crippen LogP) is -9.80. The average Bonchev–Trinajstić information content (AvgIpc) is 2.13. The summed E-state index contributed by atoms with van der Waals surface area (Å²) in [6.45, 7) is 5.53. The molecule has 0 fully saturated rings. The normalized spacial score (nSPS) is 4.81. The Morgan fingerprint density at radius 3 is 0.630 bits per heavy atom. The number of rotatable bonds is 1. The molecule has 16 N–H and O–H groups in total. The van der Waals surface area contributed by atoms with E-state index in [1.165, 1.54) is 0 Å². The number of nitrogens with two attached hydrogens (primary N) is 2. The van der Waals surface area contributed by atoms with Crippen LogP contribution in [0.2, 0.25) is 0 Å². The van der Waals surface area contributed by atoms with E-state index in [9.17, 15) is 0 Å². The molecule has 0 aromatic rings. The number of carbonyl (C=O) groups is 4. The summed E-state index contributed by atoms with van der Waals surface area (Å²) in [7, 11) is 0. The van der Waals surface area contributed by atoms with Gasteiger partial charge in [0.1, 0.15) is 0 Å². The first-order chi connectivity index (χ1) is 8.84. The van der Waals surface area contributed by atoms with Crippen LogP contribution in [0.25, 0.3) is 0 Å². The van der Waals surface area contributed by atoms with Gasteiger partial charge in [0.25, 0.3) is 23.9 Å². The summed E-state index contributed by atoms with van der Waals surface area (Å²) in [4.78, 5) is 36.0. The molecule has 0 aliphatic carbocycles. The van der Waals surface area contributed by atoms with Crippen LogP contribution in [0.3, 0.4) is 0 Å². The van der Waals surface area contributed by atoms with E-state index >= 15 is 0 Å². The molecule has 169 valence electrons. The standard InChI is InChI=1S/C2H8N2.4C2H4O2.Cu.2Na.4H2O.2H/c3-1-2-4;4*1-2(3)4;;;;;;;;;/h1-4H2;4*1H3,(H,3,4);;;;4*1H2;;/q;;;;;;2*+1;;;;;2*-1. The van der Waals surface area contributed by atoms with Crippen molar-refractivity contribution in [2.24, 2.45) is 11.5 Å². The second-order valence-electron chi connectivity index (χ2n) is 2.65. The van der Waals surface area contributed by atoms with E-state index in [0.717, 1.165) is 27.7 Å². The van der Waals surface area contributed by atoms with Crippen LogP contribution in [0.1, 0.15) is 30.5 Å². The number of hydrogen-bond donors (Lipinski definition) is 6. The van der Waals surface area contributed by atoms with Crippen molar-refractivity contribution in [1.82, 2.24) is 0 Å². The second kappa shape index (κ2) is 82.6. The maximum atomic E-state index is 9.00. The molecule has 0 aliphatic rings. The molecule has 0 aromatic heterocycles. The van der Waals surface area contributed by atoms with Crippen molar-refractivity contribution >= 4 is 23.9 Å². The molecule has 17 heteroatoms. The first kappa shape index (κ1) is 80.9. The van der Waals surface area contributed by atoms with Gasteiger partial charge in [-0.1, -0.05) is 0 Å². The monoisotopic (exact) mass is 483 g/mol. The Hall–Kier alpha value is 0.159. The van der Waals surface area contributed by atoms with E-state index in [-0.39, 0.29) is 101 Å². The van der Waals surface area contributed by atoms with Crippen LogP contribution in [-0.2, 0) is 36.2 Å². The number of aliphatic carboxylic acids is 4. The fourth-order valence-corrected chi connectivity index (χ4v) is 0. The first-order valence-corrected chi connectivity index (χ1v) is 5.03. The van der Waals surface area contributed by atoms with E-state index in [0.29, 0.717) is 13.1 Å². The van der Waals surface area contributed by atoms with Gasteiger partial charge in [-0.2, -0.15) is 0 Å². The summed E-state index contributed by atoms with van der Waals surface area (Å²) in [5.74, 6) is -3.33. The van der Waals surface area contributed by atoms with Crippen LogP contribution in [0.4, 0.5) is 0 Å². The number of carboxylic acids is 4. The van der Waals surface area contributed by atoms with Crippen LogP contribution in [0.5, 0.6) is 0 Å². The summed E-state index contributed by atoms with van der Waals surface area (Å²) in [5, 5.41) is 29.7. The van der Waals surface area contributed by atoms with Gasteiger partial charge < -0.3 is 56.7 Å². The third kappa shape index (κ3) is 11400. The third-order valence-electron chi connectivity index (χ3n) is 0.167. The Morgan fingerprint density at radius 1 is 0.593 bits per heavy atom. The zero-order chi connectivity index (χ0) is 17.7. The number of hydrogen-bond acceptors (Lipinski definition) is 6. The molecule has 0 unspecified atom stereocenters. The minimum Gasteiger partial charge on any atom is -1.00 e. The van der Waals surface area contributed by atoms with Crippen LogP contribution in [0, 0.1) is 0 Å². The molecule has 0 atom stereocenters. The van der Waals surface area contributed by atoms with E-state index < -0.39 is 23.9 Å². The first-order valence-electron chi connectivity index (χ1n) is 5.03. The molecule has 0 saturated carbocycles. The Balaban J connectivity index is -0.00000000750. The van der Waals surface area contributed by atoms with E-state index in [1.807, 2.05) is 0 Å². The number of carboxylic acid groups (broad SMARTS) is 4. The Bertz CT molecular complexity index is 221. The fourth-order valence-electron chi connectivity index (χ4n) is 0. The van der Waals surface area contributed by atoms with Crippen molar-refractivity contribution in [3.8, 4) is 0 Å². The molecule has 0 aliphatic heterocycles. The molecule has 0 spiro atoms. The van der Waals surface area contributed by atoms with Crippen molar-refractivity contribution in [1.29, 1.82) is 0 Å². The van der Waals surface area contributed by atoms with Gasteiger partial charge in [0.15, 0.2) is 0 Å². The third-order valence-corrected chi connectivity index (χ3v) is 0.167. The Kier molecular flexibility index (Phi) is 247. The van der Waals surface area contributed by atoms with Gasteiger partial charge in [-0.15, -0.1) is 0 Å². The summed E-state index contributed by atoms with van der Waals surface area (Å²) in [5.41, 5.74) is 9.81. The summed E-state index contributed by atoms with van der Waals surface area (Å²) in [6, 6.07) is 0. The quantitative estimate of drug-likeness (QED) is 0.191. The molecule has 0 saturated heterocycles. The van der Waals surface area contributed by atoms with E-state index in [1.54, 1.807) is 0 Å². The molecule has 0 bridgehead atoms. The minimum atomic E-state index is -0.833.